The third-order valence-electron chi connectivity index (χ3n) is 3.14. The fraction of sp³-hybridized carbons (Fsp3) is 0.500. The van der Waals surface area contributed by atoms with Crippen LogP contribution in [0.5, 0.6) is 0 Å². The maximum absolute atomic E-state index is 6.20. The van der Waals surface area contributed by atoms with E-state index in [0.717, 1.165) is 12.8 Å². The fourth-order valence-corrected chi connectivity index (χ4v) is 2.81. The lowest BCUT2D eigenvalue weighted by Gasteiger charge is -2.27. The summed E-state index contributed by atoms with van der Waals surface area (Å²) in [6.07, 6.45) is 4.52. The number of nitrogens with two attached hydrogens (primary N) is 1. The van der Waals surface area contributed by atoms with Gasteiger partial charge in [0.25, 0.3) is 0 Å². The molecule has 0 bridgehead atoms. The molecule has 2 unspecified atom stereocenters. The predicted molar refractivity (Wildman–Crippen MR) is 65.6 cm³/mol. The molecule has 0 aromatic heterocycles. The van der Waals surface area contributed by atoms with Crippen molar-refractivity contribution < 1.29 is 0 Å². The van der Waals surface area contributed by atoms with Gasteiger partial charge in [-0.3, -0.25) is 0 Å². The molecular formula is C12H15Cl2N. The van der Waals surface area contributed by atoms with Gasteiger partial charge >= 0.3 is 0 Å². The first-order valence-corrected chi connectivity index (χ1v) is 6.13. The van der Waals surface area contributed by atoms with Crippen LogP contribution in [0.3, 0.4) is 0 Å². The van der Waals surface area contributed by atoms with Gasteiger partial charge in [-0.2, -0.15) is 0 Å². The molecule has 1 aromatic carbocycles. The van der Waals surface area contributed by atoms with Crippen LogP contribution in [-0.2, 0) is 0 Å². The minimum atomic E-state index is 0.318. The van der Waals surface area contributed by atoms with E-state index in [1.807, 2.05) is 12.1 Å². The van der Waals surface area contributed by atoms with Gasteiger partial charge in [0, 0.05) is 6.04 Å². The van der Waals surface area contributed by atoms with E-state index in [9.17, 15) is 0 Å². The highest BCUT2D eigenvalue weighted by Crippen LogP contribution is 2.38. The van der Waals surface area contributed by atoms with Crippen molar-refractivity contribution in [3.8, 4) is 0 Å². The maximum atomic E-state index is 6.20. The minimum Gasteiger partial charge on any atom is -0.328 e. The molecule has 2 N–H and O–H groups in total. The standard InChI is InChI=1S/C12H15Cl2N/c13-11-6-2-5-10(12(11)14)8-3-1-4-9(15)7-8/h2,5-6,8-9H,1,3-4,7,15H2. The predicted octanol–water partition coefficient (Wildman–Crippen LogP) is 3.98. The Labute approximate surface area is 101 Å². The van der Waals surface area contributed by atoms with E-state index in [4.69, 9.17) is 28.9 Å². The van der Waals surface area contributed by atoms with Crippen molar-refractivity contribution in [1.82, 2.24) is 0 Å². The van der Waals surface area contributed by atoms with Gasteiger partial charge in [0.2, 0.25) is 0 Å². The molecule has 2 rings (SSSR count). The van der Waals surface area contributed by atoms with Crippen molar-refractivity contribution in [3.63, 3.8) is 0 Å². The molecule has 1 aromatic rings. The van der Waals surface area contributed by atoms with Gasteiger partial charge in [0.15, 0.2) is 0 Å². The summed E-state index contributed by atoms with van der Waals surface area (Å²) in [6, 6.07) is 6.18. The summed E-state index contributed by atoms with van der Waals surface area (Å²) in [5.41, 5.74) is 7.14. The van der Waals surface area contributed by atoms with Crippen molar-refractivity contribution >= 4 is 23.2 Å². The average molecular weight is 244 g/mol. The smallest absolute Gasteiger partial charge is 0.0627 e. The second kappa shape index (κ2) is 4.73. The van der Waals surface area contributed by atoms with Crippen LogP contribution in [0.1, 0.15) is 37.2 Å². The molecule has 0 spiro atoms. The van der Waals surface area contributed by atoms with E-state index in [2.05, 4.69) is 6.07 Å². The molecule has 1 saturated carbocycles. The van der Waals surface area contributed by atoms with Crippen LogP contribution in [0.2, 0.25) is 10.0 Å². The summed E-state index contributed by atoms with van der Waals surface area (Å²) in [5, 5.41) is 1.35. The van der Waals surface area contributed by atoms with Crippen LogP contribution in [0.4, 0.5) is 0 Å². The molecule has 0 radical (unpaired) electrons. The molecule has 3 heteroatoms. The van der Waals surface area contributed by atoms with Gasteiger partial charge < -0.3 is 5.73 Å². The monoisotopic (exact) mass is 243 g/mol. The third-order valence-corrected chi connectivity index (χ3v) is 3.97. The quantitative estimate of drug-likeness (QED) is 0.794. The number of hydrogen-bond donors (Lipinski definition) is 1. The Morgan fingerprint density at radius 1 is 1.20 bits per heavy atom. The first-order valence-electron chi connectivity index (χ1n) is 5.38. The lowest BCUT2D eigenvalue weighted by atomic mass is 9.82. The van der Waals surface area contributed by atoms with Crippen LogP contribution >= 0.6 is 23.2 Å². The van der Waals surface area contributed by atoms with Gasteiger partial charge in [-0.1, -0.05) is 41.8 Å². The molecule has 0 aliphatic heterocycles. The minimum absolute atomic E-state index is 0.318. The van der Waals surface area contributed by atoms with Gasteiger partial charge in [0.1, 0.15) is 0 Å². The van der Waals surface area contributed by atoms with E-state index in [0.29, 0.717) is 22.0 Å². The Morgan fingerprint density at radius 3 is 2.73 bits per heavy atom. The zero-order valence-corrected chi connectivity index (χ0v) is 10.1. The number of hydrogen-bond acceptors (Lipinski definition) is 1. The van der Waals surface area contributed by atoms with Crippen LogP contribution in [0, 0.1) is 0 Å². The van der Waals surface area contributed by atoms with Gasteiger partial charge in [-0.25, -0.2) is 0 Å². The summed E-state index contributed by atoms with van der Waals surface area (Å²) in [7, 11) is 0. The maximum Gasteiger partial charge on any atom is 0.0627 e. The highest BCUT2D eigenvalue weighted by atomic mass is 35.5. The van der Waals surface area contributed by atoms with Crippen LogP contribution in [-0.4, -0.2) is 6.04 Å². The van der Waals surface area contributed by atoms with Gasteiger partial charge in [-0.05, 0) is 36.8 Å². The average Bonchev–Trinajstić information content (AvgIpc) is 2.22. The second-order valence-corrected chi connectivity index (χ2v) is 5.05. The van der Waals surface area contributed by atoms with Crippen molar-refractivity contribution in [1.29, 1.82) is 0 Å². The molecule has 0 heterocycles. The SMILES string of the molecule is NC1CCCC(c2cccc(Cl)c2Cl)C1. The highest BCUT2D eigenvalue weighted by Gasteiger charge is 2.22. The van der Waals surface area contributed by atoms with E-state index in [1.165, 1.54) is 18.4 Å². The Bertz CT molecular complexity index is 351. The number of rotatable bonds is 1. The zero-order valence-electron chi connectivity index (χ0n) is 8.55. The topological polar surface area (TPSA) is 26.0 Å². The first-order chi connectivity index (χ1) is 7.18. The van der Waals surface area contributed by atoms with Crippen molar-refractivity contribution in [2.45, 2.75) is 37.6 Å². The van der Waals surface area contributed by atoms with Crippen molar-refractivity contribution in [3.05, 3.63) is 33.8 Å². The molecule has 15 heavy (non-hydrogen) atoms. The van der Waals surface area contributed by atoms with Gasteiger partial charge in [-0.15, -0.1) is 0 Å². The Hall–Kier alpha value is -0.240. The van der Waals surface area contributed by atoms with Crippen molar-refractivity contribution in [2.24, 2.45) is 5.73 Å². The van der Waals surface area contributed by atoms with Crippen LogP contribution in [0.15, 0.2) is 18.2 Å². The Kier molecular flexibility index (Phi) is 3.55. The summed E-state index contributed by atoms with van der Waals surface area (Å²) >= 11 is 12.2. The lowest BCUT2D eigenvalue weighted by Crippen LogP contribution is -2.26. The van der Waals surface area contributed by atoms with Crippen molar-refractivity contribution in [2.75, 3.05) is 0 Å². The van der Waals surface area contributed by atoms with E-state index in [-0.39, 0.29) is 0 Å². The molecule has 1 aliphatic rings. The number of halogens is 2. The third kappa shape index (κ3) is 2.47. The van der Waals surface area contributed by atoms with Crippen LogP contribution in [0.25, 0.3) is 0 Å². The van der Waals surface area contributed by atoms with Crippen LogP contribution < -0.4 is 5.73 Å². The second-order valence-electron chi connectivity index (χ2n) is 4.27. The molecule has 0 amide bonds. The molecule has 1 aliphatic carbocycles. The largest absolute Gasteiger partial charge is 0.328 e. The van der Waals surface area contributed by atoms with E-state index < -0.39 is 0 Å². The van der Waals surface area contributed by atoms with E-state index in [1.54, 1.807) is 0 Å². The molecule has 1 fully saturated rings. The Morgan fingerprint density at radius 2 is 2.00 bits per heavy atom. The molecule has 82 valence electrons. The summed E-state index contributed by atoms with van der Waals surface area (Å²) in [5.74, 6) is 0.486. The lowest BCUT2D eigenvalue weighted by molar-refractivity contribution is 0.393. The molecule has 1 nitrogen and oxygen atoms in total. The first kappa shape index (κ1) is 11.3. The van der Waals surface area contributed by atoms with E-state index >= 15 is 0 Å². The summed E-state index contributed by atoms with van der Waals surface area (Å²) in [6.45, 7) is 0. The van der Waals surface area contributed by atoms with Gasteiger partial charge in [0.05, 0.1) is 10.0 Å². The molecule has 0 saturated heterocycles. The highest BCUT2D eigenvalue weighted by molar-refractivity contribution is 6.42. The zero-order chi connectivity index (χ0) is 10.8. The summed E-state index contributed by atoms with van der Waals surface area (Å²) in [4.78, 5) is 0. The fourth-order valence-electron chi connectivity index (χ4n) is 2.35. The number of benzene rings is 1. The molecule has 2 atom stereocenters. The normalized spacial score (nSPS) is 26.6. The molecular weight excluding hydrogens is 229 g/mol. The Balaban J connectivity index is 2.24. The summed E-state index contributed by atoms with van der Waals surface area (Å²) < 4.78 is 0.